The summed E-state index contributed by atoms with van der Waals surface area (Å²) in [5.41, 5.74) is 2.30. The Labute approximate surface area is 130 Å². The Balaban J connectivity index is 1.39. The van der Waals surface area contributed by atoms with E-state index in [2.05, 4.69) is 9.97 Å². The summed E-state index contributed by atoms with van der Waals surface area (Å²) in [5.74, 6) is 0.919. The molecule has 0 aromatic carbocycles. The molecular weight excluding hydrogens is 282 g/mol. The van der Waals surface area contributed by atoms with Gasteiger partial charge >= 0.3 is 0 Å². The van der Waals surface area contributed by atoms with E-state index in [0.717, 1.165) is 62.4 Å². The van der Waals surface area contributed by atoms with Crippen LogP contribution in [0.1, 0.15) is 36.5 Å². The van der Waals surface area contributed by atoms with Gasteiger partial charge in [0.05, 0.1) is 18.9 Å². The van der Waals surface area contributed by atoms with E-state index in [0.29, 0.717) is 13.2 Å². The van der Waals surface area contributed by atoms with Crippen LogP contribution >= 0.6 is 0 Å². The molecule has 3 heterocycles. The number of rotatable bonds is 1. The second kappa shape index (κ2) is 5.35. The number of aromatic amines is 1. The number of aryl methyl sites for hydroxylation is 2. The summed E-state index contributed by atoms with van der Waals surface area (Å²) in [7, 11) is 0. The van der Waals surface area contributed by atoms with Gasteiger partial charge in [-0.2, -0.15) is 0 Å². The predicted octanol–water partition coefficient (Wildman–Crippen LogP) is 1.19. The molecule has 1 aliphatic carbocycles. The third-order valence-electron chi connectivity index (χ3n) is 5.16. The molecule has 1 aromatic rings. The number of imidazole rings is 1. The van der Waals surface area contributed by atoms with Crippen molar-refractivity contribution in [2.75, 3.05) is 26.3 Å². The lowest BCUT2D eigenvalue weighted by Gasteiger charge is -2.39. The zero-order valence-corrected chi connectivity index (χ0v) is 13.1. The summed E-state index contributed by atoms with van der Waals surface area (Å²) in [6, 6.07) is 0. The molecule has 2 aliphatic heterocycles. The molecule has 1 N–H and O–H groups in total. The smallest absolute Gasteiger partial charge is 0.226 e. The Kier molecular flexibility index (Phi) is 3.46. The van der Waals surface area contributed by atoms with Crippen LogP contribution in [0.15, 0.2) is 0 Å². The maximum absolute atomic E-state index is 12.8. The first-order chi connectivity index (χ1) is 10.7. The van der Waals surface area contributed by atoms with Gasteiger partial charge in [-0.3, -0.25) is 4.79 Å². The van der Waals surface area contributed by atoms with Gasteiger partial charge in [0.1, 0.15) is 5.82 Å². The van der Waals surface area contributed by atoms with Gasteiger partial charge < -0.3 is 19.4 Å². The molecule has 1 aromatic heterocycles. The lowest BCUT2D eigenvalue weighted by Crippen LogP contribution is -2.49. The van der Waals surface area contributed by atoms with E-state index in [9.17, 15) is 4.79 Å². The van der Waals surface area contributed by atoms with Crippen molar-refractivity contribution in [3.8, 4) is 0 Å². The number of amides is 1. The fourth-order valence-corrected chi connectivity index (χ4v) is 3.95. The average molecular weight is 305 g/mol. The first kappa shape index (κ1) is 14.2. The quantitative estimate of drug-likeness (QED) is 0.846. The topological polar surface area (TPSA) is 67.5 Å². The highest BCUT2D eigenvalue weighted by atomic mass is 16.7. The van der Waals surface area contributed by atoms with Gasteiger partial charge in [-0.1, -0.05) is 0 Å². The lowest BCUT2D eigenvalue weighted by atomic mass is 9.88. The van der Waals surface area contributed by atoms with Crippen molar-refractivity contribution >= 4 is 5.91 Å². The van der Waals surface area contributed by atoms with E-state index in [4.69, 9.17) is 9.47 Å². The number of H-pyrrole nitrogens is 1. The minimum absolute atomic E-state index is 0.0896. The Bertz CT molecular complexity index is 567. The molecule has 1 unspecified atom stereocenters. The largest absolute Gasteiger partial charge is 0.347 e. The van der Waals surface area contributed by atoms with Crippen LogP contribution in [0.25, 0.3) is 0 Å². The molecule has 6 nitrogen and oxygen atoms in total. The average Bonchev–Trinajstić information content (AvgIpc) is 3.12. The van der Waals surface area contributed by atoms with Crippen LogP contribution in [0, 0.1) is 12.8 Å². The predicted molar refractivity (Wildman–Crippen MR) is 79.3 cm³/mol. The monoisotopic (exact) mass is 305 g/mol. The third-order valence-corrected chi connectivity index (χ3v) is 5.16. The van der Waals surface area contributed by atoms with Crippen molar-refractivity contribution < 1.29 is 14.3 Å². The number of fused-ring (bicyclic) bond motifs is 1. The van der Waals surface area contributed by atoms with Crippen LogP contribution in [0.2, 0.25) is 0 Å². The van der Waals surface area contributed by atoms with Gasteiger partial charge in [0.25, 0.3) is 0 Å². The molecule has 6 heteroatoms. The van der Waals surface area contributed by atoms with E-state index in [1.807, 2.05) is 11.8 Å². The number of hydrogen-bond acceptors (Lipinski definition) is 4. The van der Waals surface area contributed by atoms with Crippen LogP contribution in [0.4, 0.5) is 0 Å². The number of hydrogen-bond donors (Lipinski definition) is 1. The van der Waals surface area contributed by atoms with Gasteiger partial charge in [-0.05, 0) is 19.8 Å². The van der Waals surface area contributed by atoms with Gasteiger partial charge in [0, 0.05) is 44.0 Å². The summed E-state index contributed by atoms with van der Waals surface area (Å²) < 4.78 is 11.5. The maximum Gasteiger partial charge on any atom is 0.226 e. The number of carbonyl (C=O) groups is 1. The van der Waals surface area contributed by atoms with Gasteiger partial charge in [-0.25, -0.2) is 4.98 Å². The van der Waals surface area contributed by atoms with Crippen LogP contribution < -0.4 is 0 Å². The van der Waals surface area contributed by atoms with E-state index >= 15 is 0 Å². The lowest BCUT2D eigenvalue weighted by molar-refractivity contribution is -0.188. The molecule has 1 atom stereocenters. The van der Waals surface area contributed by atoms with Crippen LogP contribution in [0.3, 0.4) is 0 Å². The number of ether oxygens (including phenoxy) is 2. The normalized spacial score (nSPS) is 27.1. The summed E-state index contributed by atoms with van der Waals surface area (Å²) in [5, 5.41) is 0. The molecule has 4 rings (SSSR count). The van der Waals surface area contributed by atoms with Crippen molar-refractivity contribution in [2.45, 2.75) is 44.8 Å². The molecule has 120 valence electrons. The first-order valence-corrected chi connectivity index (χ1v) is 8.26. The molecule has 1 spiro atoms. The first-order valence-electron chi connectivity index (χ1n) is 8.26. The van der Waals surface area contributed by atoms with Gasteiger partial charge in [0.2, 0.25) is 5.91 Å². The van der Waals surface area contributed by atoms with Crippen LogP contribution in [-0.4, -0.2) is 52.9 Å². The van der Waals surface area contributed by atoms with Crippen molar-refractivity contribution in [2.24, 2.45) is 5.92 Å². The number of piperidine rings is 1. The molecule has 1 amide bonds. The third kappa shape index (κ3) is 2.44. The number of nitrogens with one attached hydrogen (secondary N) is 1. The maximum atomic E-state index is 12.8. The zero-order chi connectivity index (χ0) is 15.2. The van der Waals surface area contributed by atoms with Crippen LogP contribution in [0.5, 0.6) is 0 Å². The summed E-state index contributed by atoms with van der Waals surface area (Å²) in [4.78, 5) is 22.6. The molecule has 0 saturated carbocycles. The molecule has 22 heavy (non-hydrogen) atoms. The van der Waals surface area contributed by atoms with Gasteiger partial charge in [-0.15, -0.1) is 0 Å². The van der Waals surface area contributed by atoms with Crippen LogP contribution in [-0.2, 0) is 27.1 Å². The number of aromatic nitrogens is 2. The minimum Gasteiger partial charge on any atom is -0.347 e. The SMILES string of the molecule is Cc1nc2c([nH]1)CC(C(=O)N1CCC3(CC1)OCCO3)CC2. The van der Waals surface area contributed by atoms with Crippen molar-refractivity contribution in [1.29, 1.82) is 0 Å². The molecule has 2 saturated heterocycles. The summed E-state index contributed by atoms with van der Waals surface area (Å²) >= 11 is 0. The minimum atomic E-state index is -0.406. The van der Waals surface area contributed by atoms with Gasteiger partial charge in [0.15, 0.2) is 5.79 Å². The second-order valence-corrected chi connectivity index (χ2v) is 6.62. The standard InChI is InChI=1S/C16H23N3O3/c1-11-17-13-3-2-12(10-14(13)18-11)15(20)19-6-4-16(5-7-19)21-8-9-22-16/h12H,2-10H2,1H3,(H,17,18). The highest BCUT2D eigenvalue weighted by Crippen LogP contribution is 2.33. The highest BCUT2D eigenvalue weighted by molar-refractivity contribution is 5.79. The highest BCUT2D eigenvalue weighted by Gasteiger charge is 2.42. The van der Waals surface area contributed by atoms with E-state index in [1.54, 1.807) is 0 Å². The van der Waals surface area contributed by atoms with Crippen molar-refractivity contribution in [3.05, 3.63) is 17.2 Å². The van der Waals surface area contributed by atoms with Crippen molar-refractivity contribution in [3.63, 3.8) is 0 Å². The fraction of sp³-hybridized carbons (Fsp3) is 0.750. The fourth-order valence-electron chi connectivity index (χ4n) is 3.95. The molecule has 2 fully saturated rings. The summed E-state index contributed by atoms with van der Waals surface area (Å²) in [6.45, 7) is 4.81. The van der Waals surface area contributed by atoms with E-state index in [-0.39, 0.29) is 11.8 Å². The summed E-state index contributed by atoms with van der Waals surface area (Å²) in [6.07, 6.45) is 4.19. The van der Waals surface area contributed by atoms with Crippen molar-refractivity contribution in [1.82, 2.24) is 14.9 Å². The number of likely N-dealkylation sites (tertiary alicyclic amines) is 1. The molecule has 3 aliphatic rings. The Morgan fingerprint density at radius 2 is 2.05 bits per heavy atom. The molecule has 0 bridgehead atoms. The van der Waals surface area contributed by atoms with E-state index in [1.165, 1.54) is 0 Å². The Morgan fingerprint density at radius 3 is 2.77 bits per heavy atom. The molecular formula is C16H23N3O3. The Hall–Kier alpha value is -1.40. The number of carbonyl (C=O) groups excluding carboxylic acids is 1. The Morgan fingerprint density at radius 1 is 1.32 bits per heavy atom. The molecule has 0 radical (unpaired) electrons. The van der Waals surface area contributed by atoms with E-state index < -0.39 is 5.79 Å². The number of nitrogens with zero attached hydrogens (tertiary/aromatic N) is 2. The zero-order valence-electron chi connectivity index (χ0n) is 13.1. The second-order valence-electron chi connectivity index (χ2n) is 6.62.